The van der Waals surface area contributed by atoms with E-state index < -0.39 is 11.9 Å². The number of hydrogen-bond acceptors (Lipinski definition) is 5. The van der Waals surface area contributed by atoms with Gasteiger partial charge in [0.15, 0.2) is 5.69 Å². The minimum absolute atomic E-state index is 0.0788. The summed E-state index contributed by atoms with van der Waals surface area (Å²) in [6.07, 6.45) is 1.23. The highest BCUT2D eigenvalue weighted by Gasteiger charge is 2.11. The molecular formula is C15H16ClN5O4. The molecule has 2 rings (SSSR count). The number of aromatic carboxylic acids is 1. The highest BCUT2D eigenvalue weighted by atomic mass is 35.5. The van der Waals surface area contributed by atoms with E-state index in [9.17, 15) is 14.4 Å². The Hall–Kier alpha value is -2.94. The number of rotatable bonds is 7. The average Bonchev–Trinajstić information content (AvgIpc) is 3.00. The maximum atomic E-state index is 11.9. The van der Waals surface area contributed by atoms with Crippen molar-refractivity contribution in [3.63, 3.8) is 0 Å². The monoisotopic (exact) mass is 365 g/mol. The third-order valence-electron chi connectivity index (χ3n) is 3.28. The van der Waals surface area contributed by atoms with Crippen LogP contribution in [0.15, 0.2) is 24.4 Å². The van der Waals surface area contributed by atoms with Gasteiger partial charge in [-0.1, -0.05) is 22.9 Å². The summed E-state index contributed by atoms with van der Waals surface area (Å²) in [5.74, 6) is -1.90. The largest absolute Gasteiger partial charge is 0.476 e. The first kappa shape index (κ1) is 18.4. The number of hydrogen-bond donors (Lipinski definition) is 3. The Morgan fingerprint density at radius 3 is 2.72 bits per heavy atom. The SMILES string of the molecule is Cc1c(Cl)cccc1NC(=O)CCNC(=O)Cn1cc(C(=O)O)nn1. The molecule has 1 aromatic heterocycles. The fourth-order valence-electron chi connectivity index (χ4n) is 1.95. The van der Waals surface area contributed by atoms with Gasteiger partial charge in [-0.15, -0.1) is 5.10 Å². The number of carboxylic acids is 1. The molecule has 0 saturated carbocycles. The molecule has 10 heteroatoms. The lowest BCUT2D eigenvalue weighted by atomic mass is 10.2. The summed E-state index contributed by atoms with van der Waals surface area (Å²) in [4.78, 5) is 34.3. The van der Waals surface area contributed by atoms with Crippen molar-refractivity contribution in [2.45, 2.75) is 19.9 Å². The van der Waals surface area contributed by atoms with Gasteiger partial charge in [-0.3, -0.25) is 9.59 Å². The minimum atomic E-state index is -1.22. The second-order valence-electron chi connectivity index (χ2n) is 5.17. The van der Waals surface area contributed by atoms with Gasteiger partial charge in [-0.05, 0) is 24.6 Å². The Morgan fingerprint density at radius 1 is 1.28 bits per heavy atom. The minimum Gasteiger partial charge on any atom is -0.476 e. The van der Waals surface area contributed by atoms with Crippen molar-refractivity contribution in [3.8, 4) is 0 Å². The first-order chi connectivity index (χ1) is 11.9. The number of nitrogens with one attached hydrogen (secondary N) is 2. The molecule has 0 aliphatic heterocycles. The second kappa shape index (κ2) is 8.25. The zero-order valence-corrected chi connectivity index (χ0v) is 14.1. The van der Waals surface area contributed by atoms with E-state index in [4.69, 9.17) is 16.7 Å². The number of carbonyl (C=O) groups excluding carboxylic acids is 2. The van der Waals surface area contributed by atoms with Crippen molar-refractivity contribution >= 4 is 35.1 Å². The highest BCUT2D eigenvalue weighted by molar-refractivity contribution is 6.31. The molecule has 1 aromatic carbocycles. The van der Waals surface area contributed by atoms with E-state index in [-0.39, 0.29) is 31.1 Å². The number of anilines is 1. The van der Waals surface area contributed by atoms with Crippen LogP contribution in [-0.4, -0.2) is 44.4 Å². The molecule has 132 valence electrons. The van der Waals surface area contributed by atoms with E-state index in [1.165, 1.54) is 0 Å². The fraction of sp³-hybridized carbons (Fsp3) is 0.267. The Bertz CT molecular complexity index is 805. The van der Waals surface area contributed by atoms with Crippen molar-refractivity contribution in [1.82, 2.24) is 20.3 Å². The quantitative estimate of drug-likeness (QED) is 0.674. The van der Waals surface area contributed by atoms with Gasteiger partial charge >= 0.3 is 5.97 Å². The van der Waals surface area contributed by atoms with E-state index in [0.717, 1.165) is 16.4 Å². The number of halogens is 1. The predicted molar refractivity (Wildman–Crippen MR) is 89.4 cm³/mol. The third-order valence-corrected chi connectivity index (χ3v) is 3.69. The van der Waals surface area contributed by atoms with Crippen LogP contribution >= 0.6 is 11.6 Å². The van der Waals surface area contributed by atoms with Crippen molar-refractivity contribution < 1.29 is 19.5 Å². The summed E-state index contributed by atoms with van der Waals surface area (Å²) >= 11 is 5.98. The summed E-state index contributed by atoms with van der Waals surface area (Å²) in [6, 6.07) is 5.20. The van der Waals surface area contributed by atoms with Gasteiger partial charge in [-0.25, -0.2) is 9.48 Å². The van der Waals surface area contributed by atoms with Gasteiger partial charge < -0.3 is 15.7 Å². The van der Waals surface area contributed by atoms with Gasteiger partial charge in [-0.2, -0.15) is 0 Å². The smallest absolute Gasteiger partial charge is 0.358 e. The van der Waals surface area contributed by atoms with Crippen molar-refractivity contribution in [1.29, 1.82) is 0 Å². The normalized spacial score (nSPS) is 10.3. The maximum Gasteiger partial charge on any atom is 0.358 e. The summed E-state index contributed by atoms with van der Waals surface area (Å²) in [7, 11) is 0. The van der Waals surface area contributed by atoms with Gasteiger partial charge in [0.25, 0.3) is 0 Å². The van der Waals surface area contributed by atoms with Crippen LogP contribution in [0.3, 0.4) is 0 Å². The lowest BCUT2D eigenvalue weighted by Crippen LogP contribution is -2.30. The molecule has 2 amide bonds. The van der Waals surface area contributed by atoms with E-state index in [0.29, 0.717) is 10.7 Å². The van der Waals surface area contributed by atoms with Gasteiger partial charge in [0, 0.05) is 23.7 Å². The highest BCUT2D eigenvalue weighted by Crippen LogP contribution is 2.22. The predicted octanol–water partition coefficient (Wildman–Crippen LogP) is 1.08. The molecule has 2 aromatic rings. The van der Waals surface area contributed by atoms with Gasteiger partial charge in [0.2, 0.25) is 11.8 Å². The van der Waals surface area contributed by atoms with Gasteiger partial charge in [0.1, 0.15) is 6.54 Å². The van der Waals surface area contributed by atoms with Crippen molar-refractivity contribution in [2.75, 3.05) is 11.9 Å². The molecule has 1 heterocycles. The molecule has 0 unspecified atom stereocenters. The summed E-state index contributed by atoms with van der Waals surface area (Å²) in [5.41, 5.74) is 1.14. The fourth-order valence-corrected chi connectivity index (χ4v) is 2.12. The van der Waals surface area contributed by atoms with E-state index in [1.807, 2.05) is 0 Å². The zero-order valence-electron chi connectivity index (χ0n) is 13.3. The number of aromatic nitrogens is 3. The molecule has 0 aliphatic rings. The zero-order chi connectivity index (χ0) is 18.4. The van der Waals surface area contributed by atoms with Crippen LogP contribution in [0.25, 0.3) is 0 Å². The van der Waals surface area contributed by atoms with Crippen LogP contribution in [-0.2, 0) is 16.1 Å². The topological polar surface area (TPSA) is 126 Å². The number of carboxylic acid groups (broad SMARTS) is 1. The first-order valence-electron chi connectivity index (χ1n) is 7.32. The lowest BCUT2D eigenvalue weighted by Gasteiger charge is -2.10. The van der Waals surface area contributed by atoms with Gasteiger partial charge in [0.05, 0.1) is 6.20 Å². The molecule has 0 aliphatic carbocycles. The third kappa shape index (κ3) is 5.28. The first-order valence-corrected chi connectivity index (χ1v) is 7.69. The Labute approximate surface area is 148 Å². The standard InChI is InChI=1S/C15H16ClN5O4/c1-9-10(16)3-2-4-11(9)18-13(22)5-6-17-14(23)8-21-7-12(15(24)25)19-20-21/h2-4,7H,5-6,8H2,1H3,(H,17,23)(H,18,22)(H,24,25). The molecule has 0 saturated heterocycles. The van der Waals surface area contributed by atoms with Crippen molar-refractivity contribution in [2.24, 2.45) is 0 Å². The second-order valence-corrected chi connectivity index (χ2v) is 5.57. The number of amides is 2. The molecule has 0 radical (unpaired) electrons. The van der Waals surface area contributed by atoms with Crippen LogP contribution in [0.2, 0.25) is 5.02 Å². The van der Waals surface area contributed by atoms with Crippen LogP contribution in [0.5, 0.6) is 0 Å². The van der Waals surface area contributed by atoms with E-state index in [1.54, 1.807) is 25.1 Å². The number of benzene rings is 1. The molecule has 3 N–H and O–H groups in total. The maximum absolute atomic E-state index is 11.9. The van der Waals surface area contributed by atoms with Crippen LogP contribution in [0, 0.1) is 6.92 Å². The molecule has 0 bridgehead atoms. The van der Waals surface area contributed by atoms with E-state index in [2.05, 4.69) is 20.9 Å². The van der Waals surface area contributed by atoms with Crippen LogP contribution in [0.1, 0.15) is 22.5 Å². The summed E-state index contributed by atoms with van der Waals surface area (Å²) in [5, 5.41) is 21.5. The Balaban J connectivity index is 1.75. The van der Waals surface area contributed by atoms with Crippen molar-refractivity contribution in [3.05, 3.63) is 40.7 Å². The Kier molecular flexibility index (Phi) is 6.07. The summed E-state index contributed by atoms with van der Waals surface area (Å²) < 4.78 is 1.11. The number of nitrogens with zero attached hydrogens (tertiary/aromatic N) is 3. The van der Waals surface area contributed by atoms with Crippen LogP contribution in [0.4, 0.5) is 5.69 Å². The Morgan fingerprint density at radius 2 is 2.04 bits per heavy atom. The molecule has 9 nitrogen and oxygen atoms in total. The average molecular weight is 366 g/mol. The summed E-state index contributed by atoms with van der Waals surface area (Å²) in [6.45, 7) is 1.74. The lowest BCUT2D eigenvalue weighted by molar-refractivity contribution is -0.122. The molecule has 0 spiro atoms. The van der Waals surface area contributed by atoms with E-state index >= 15 is 0 Å². The molecule has 25 heavy (non-hydrogen) atoms. The molecule has 0 fully saturated rings. The van der Waals surface area contributed by atoms with Crippen LogP contribution < -0.4 is 10.6 Å². The molecular weight excluding hydrogens is 350 g/mol. The number of carbonyl (C=O) groups is 3. The molecule has 0 atom stereocenters.